The summed E-state index contributed by atoms with van der Waals surface area (Å²) in [4.78, 5) is 32.7. The number of aliphatic hydroxyl groups is 1. The molecule has 0 saturated heterocycles. The van der Waals surface area contributed by atoms with Crippen LogP contribution in [-0.4, -0.2) is 45.4 Å². The van der Waals surface area contributed by atoms with Crippen LogP contribution in [0.1, 0.15) is 10.4 Å². The molecule has 18 heavy (non-hydrogen) atoms. The van der Waals surface area contributed by atoms with Gasteiger partial charge in [-0.15, -0.1) is 0 Å². The van der Waals surface area contributed by atoms with Crippen LogP contribution in [0.15, 0.2) is 30.3 Å². The van der Waals surface area contributed by atoms with E-state index in [9.17, 15) is 14.4 Å². The van der Waals surface area contributed by atoms with Crippen molar-refractivity contribution in [3.63, 3.8) is 0 Å². The van der Waals surface area contributed by atoms with Crippen molar-refractivity contribution < 1.29 is 34.4 Å². The Morgan fingerprint density at radius 1 is 1.00 bits per heavy atom. The van der Waals surface area contributed by atoms with Crippen LogP contribution in [0.25, 0.3) is 0 Å². The third-order valence-corrected chi connectivity index (χ3v) is 2.03. The van der Waals surface area contributed by atoms with Gasteiger partial charge in [-0.25, -0.2) is 14.4 Å². The molecule has 0 aliphatic heterocycles. The van der Waals surface area contributed by atoms with E-state index in [1.807, 2.05) is 0 Å². The molecule has 7 nitrogen and oxygen atoms in total. The topological polar surface area (TPSA) is 121 Å². The third-order valence-electron chi connectivity index (χ3n) is 2.03. The van der Waals surface area contributed by atoms with E-state index < -0.39 is 30.1 Å². The molecular weight excluding hydrogens is 244 g/mol. The average Bonchev–Trinajstić information content (AvgIpc) is 2.35. The Morgan fingerprint density at radius 3 is 2.00 bits per heavy atom. The van der Waals surface area contributed by atoms with Gasteiger partial charge in [0.1, 0.15) is 0 Å². The van der Waals surface area contributed by atoms with Gasteiger partial charge in [-0.3, -0.25) is 0 Å². The van der Waals surface area contributed by atoms with Crippen molar-refractivity contribution in [3.05, 3.63) is 35.9 Å². The standard InChI is InChI=1S/C11H10O7/c12-7(9(13)14)8(10(15)16)18-11(17)6-4-2-1-3-5-6/h1-5,7-8,12H,(H,13,14)(H,15,16)/t7?,8-/m0/s1. The molecule has 0 radical (unpaired) electrons. The van der Waals surface area contributed by atoms with E-state index in [2.05, 4.69) is 4.74 Å². The van der Waals surface area contributed by atoms with E-state index in [0.29, 0.717) is 0 Å². The second-order valence-corrected chi connectivity index (χ2v) is 3.31. The number of benzene rings is 1. The fourth-order valence-corrected chi connectivity index (χ4v) is 1.14. The number of rotatable bonds is 5. The van der Waals surface area contributed by atoms with Crippen molar-refractivity contribution in [3.8, 4) is 0 Å². The van der Waals surface area contributed by atoms with E-state index in [-0.39, 0.29) is 5.56 Å². The third kappa shape index (κ3) is 3.29. The Balaban J connectivity index is 2.83. The van der Waals surface area contributed by atoms with E-state index in [1.54, 1.807) is 6.07 Å². The minimum atomic E-state index is -2.32. The molecule has 0 bridgehead atoms. The summed E-state index contributed by atoms with van der Waals surface area (Å²) in [6, 6.07) is 7.43. The van der Waals surface area contributed by atoms with Gasteiger partial charge in [0, 0.05) is 0 Å². The molecule has 1 aromatic carbocycles. The van der Waals surface area contributed by atoms with Crippen molar-refractivity contribution in [2.75, 3.05) is 0 Å². The van der Waals surface area contributed by atoms with Crippen molar-refractivity contribution in [2.24, 2.45) is 0 Å². The molecule has 0 aromatic heterocycles. The van der Waals surface area contributed by atoms with Gasteiger partial charge < -0.3 is 20.1 Å². The molecule has 0 amide bonds. The van der Waals surface area contributed by atoms with E-state index >= 15 is 0 Å². The van der Waals surface area contributed by atoms with Gasteiger partial charge in [-0.05, 0) is 12.1 Å². The Morgan fingerprint density at radius 2 is 1.56 bits per heavy atom. The molecule has 2 atom stereocenters. The van der Waals surface area contributed by atoms with Crippen LogP contribution in [0.3, 0.4) is 0 Å². The number of carboxylic acids is 2. The zero-order valence-corrected chi connectivity index (χ0v) is 9.02. The van der Waals surface area contributed by atoms with Crippen molar-refractivity contribution in [2.45, 2.75) is 12.2 Å². The monoisotopic (exact) mass is 254 g/mol. The van der Waals surface area contributed by atoms with Crippen LogP contribution in [-0.2, 0) is 14.3 Å². The molecule has 3 N–H and O–H groups in total. The van der Waals surface area contributed by atoms with Gasteiger partial charge in [-0.1, -0.05) is 18.2 Å². The number of carbonyl (C=O) groups excluding carboxylic acids is 1. The SMILES string of the molecule is O=C(O[C@H](C(=O)O)C(O)C(=O)O)c1ccccc1. The zero-order chi connectivity index (χ0) is 13.7. The summed E-state index contributed by atoms with van der Waals surface area (Å²) in [6.07, 6.45) is -4.48. The van der Waals surface area contributed by atoms with Crippen molar-refractivity contribution in [1.29, 1.82) is 0 Å². The van der Waals surface area contributed by atoms with Gasteiger partial charge in [0.25, 0.3) is 0 Å². The maximum absolute atomic E-state index is 11.5. The number of esters is 1. The molecule has 1 unspecified atom stereocenters. The largest absolute Gasteiger partial charge is 0.479 e. The first-order valence-electron chi connectivity index (χ1n) is 4.83. The van der Waals surface area contributed by atoms with Crippen LogP contribution in [0, 0.1) is 0 Å². The molecule has 96 valence electrons. The summed E-state index contributed by atoms with van der Waals surface area (Å²) in [5.41, 5.74) is 0.0568. The van der Waals surface area contributed by atoms with Crippen LogP contribution >= 0.6 is 0 Å². The normalized spacial score (nSPS) is 13.4. The van der Waals surface area contributed by atoms with E-state index in [0.717, 1.165) is 0 Å². The Bertz CT molecular complexity index is 454. The summed E-state index contributed by atoms with van der Waals surface area (Å²) >= 11 is 0. The molecule has 0 spiro atoms. The average molecular weight is 254 g/mol. The number of carboxylic acid groups (broad SMARTS) is 2. The first kappa shape index (κ1) is 13.7. The zero-order valence-electron chi connectivity index (χ0n) is 9.02. The molecule has 7 heteroatoms. The molecular formula is C11H10O7. The predicted octanol–water partition coefficient (Wildman–Crippen LogP) is -0.258. The minimum absolute atomic E-state index is 0.0568. The summed E-state index contributed by atoms with van der Waals surface area (Å²) in [5.74, 6) is -4.55. The Labute approximate surface area is 101 Å². The second-order valence-electron chi connectivity index (χ2n) is 3.31. The number of aliphatic hydroxyl groups excluding tert-OH is 1. The summed E-state index contributed by atoms with van der Waals surface area (Å²) in [7, 11) is 0. The minimum Gasteiger partial charge on any atom is -0.479 e. The number of hydrogen-bond donors (Lipinski definition) is 3. The lowest BCUT2D eigenvalue weighted by Gasteiger charge is -2.16. The molecule has 1 aromatic rings. The Hall–Kier alpha value is -2.41. The Kier molecular flexibility index (Phi) is 4.39. The lowest BCUT2D eigenvalue weighted by molar-refractivity contribution is -0.166. The van der Waals surface area contributed by atoms with Crippen LogP contribution in [0.5, 0.6) is 0 Å². The van der Waals surface area contributed by atoms with Crippen molar-refractivity contribution >= 4 is 17.9 Å². The lowest BCUT2D eigenvalue weighted by atomic mass is 10.2. The first-order valence-corrected chi connectivity index (χ1v) is 4.83. The highest BCUT2D eigenvalue weighted by Crippen LogP contribution is 2.07. The first-order chi connectivity index (χ1) is 8.43. The highest BCUT2D eigenvalue weighted by atomic mass is 16.6. The molecule has 0 aliphatic carbocycles. The smallest absolute Gasteiger partial charge is 0.348 e. The molecule has 0 aliphatic rings. The fraction of sp³-hybridized carbons (Fsp3) is 0.182. The van der Waals surface area contributed by atoms with Gasteiger partial charge in [0.15, 0.2) is 6.10 Å². The van der Waals surface area contributed by atoms with E-state index in [4.69, 9.17) is 15.3 Å². The molecule has 1 rings (SSSR count). The lowest BCUT2D eigenvalue weighted by Crippen LogP contribution is -2.43. The maximum atomic E-state index is 11.5. The highest BCUT2D eigenvalue weighted by molar-refractivity contribution is 5.92. The summed E-state index contributed by atoms with van der Waals surface area (Å²) < 4.78 is 4.45. The second kappa shape index (κ2) is 5.78. The van der Waals surface area contributed by atoms with Gasteiger partial charge >= 0.3 is 17.9 Å². The van der Waals surface area contributed by atoms with Gasteiger partial charge in [0.05, 0.1) is 5.56 Å². The highest BCUT2D eigenvalue weighted by Gasteiger charge is 2.35. The summed E-state index contributed by atoms with van der Waals surface area (Å²) in [6.45, 7) is 0. The number of hydrogen-bond acceptors (Lipinski definition) is 5. The molecule has 0 heterocycles. The number of ether oxygens (including phenoxy) is 1. The number of aliphatic carboxylic acids is 2. The van der Waals surface area contributed by atoms with Gasteiger partial charge in [0.2, 0.25) is 6.10 Å². The van der Waals surface area contributed by atoms with E-state index in [1.165, 1.54) is 24.3 Å². The summed E-state index contributed by atoms with van der Waals surface area (Å²) in [5, 5.41) is 26.3. The van der Waals surface area contributed by atoms with Crippen molar-refractivity contribution in [1.82, 2.24) is 0 Å². The molecule has 0 fully saturated rings. The van der Waals surface area contributed by atoms with Gasteiger partial charge in [-0.2, -0.15) is 0 Å². The van der Waals surface area contributed by atoms with Crippen LogP contribution in [0.2, 0.25) is 0 Å². The quantitative estimate of drug-likeness (QED) is 0.619. The number of carbonyl (C=O) groups is 3. The maximum Gasteiger partial charge on any atom is 0.348 e. The van der Waals surface area contributed by atoms with Crippen LogP contribution < -0.4 is 0 Å². The molecule has 0 saturated carbocycles. The van der Waals surface area contributed by atoms with Crippen LogP contribution in [0.4, 0.5) is 0 Å². The fourth-order valence-electron chi connectivity index (χ4n) is 1.14. The predicted molar refractivity (Wildman–Crippen MR) is 56.9 cm³/mol.